The van der Waals surface area contributed by atoms with Crippen LogP contribution in [0.1, 0.15) is 10.4 Å². The maximum Gasteiger partial charge on any atom is 0.241 e. The average molecular weight is 395 g/mol. The van der Waals surface area contributed by atoms with Crippen LogP contribution in [0.5, 0.6) is 0 Å². The predicted molar refractivity (Wildman–Crippen MR) is 112 cm³/mol. The van der Waals surface area contributed by atoms with E-state index in [0.717, 1.165) is 22.3 Å². The van der Waals surface area contributed by atoms with E-state index < -0.39 is 0 Å². The number of likely N-dealkylation sites (N-methyl/N-ethyl adjacent to an activating group) is 1. The molecule has 0 saturated carbocycles. The SMILES string of the molecule is CN(C)C(=O)Cn1cc(C(=O)C2CSN(c3cccnc3)C2)c2ccccc21. The molecule has 1 fully saturated rings. The second-order valence-electron chi connectivity index (χ2n) is 7.11. The molecule has 144 valence electrons. The zero-order chi connectivity index (χ0) is 19.7. The number of amides is 1. The fourth-order valence-electron chi connectivity index (χ4n) is 3.41. The largest absolute Gasteiger partial charge is 0.347 e. The van der Waals surface area contributed by atoms with E-state index in [9.17, 15) is 9.59 Å². The van der Waals surface area contributed by atoms with Crippen molar-refractivity contribution < 1.29 is 9.59 Å². The quantitative estimate of drug-likeness (QED) is 0.492. The van der Waals surface area contributed by atoms with Crippen molar-refractivity contribution in [3.63, 3.8) is 0 Å². The van der Waals surface area contributed by atoms with Crippen LogP contribution in [0.25, 0.3) is 10.9 Å². The Bertz CT molecular complexity index is 1020. The second-order valence-corrected chi connectivity index (χ2v) is 8.14. The van der Waals surface area contributed by atoms with E-state index in [4.69, 9.17) is 0 Å². The van der Waals surface area contributed by atoms with Gasteiger partial charge in [-0.15, -0.1) is 0 Å². The van der Waals surface area contributed by atoms with Crippen molar-refractivity contribution in [2.45, 2.75) is 6.54 Å². The van der Waals surface area contributed by atoms with E-state index in [1.165, 1.54) is 0 Å². The molecule has 4 rings (SSSR count). The number of carbonyl (C=O) groups excluding carboxylic acids is 2. The van der Waals surface area contributed by atoms with Gasteiger partial charge in [0.1, 0.15) is 6.54 Å². The van der Waals surface area contributed by atoms with E-state index in [1.54, 1.807) is 37.1 Å². The Kier molecular flexibility index (Phi) is 5.09. The van der Waals surface area contributed by atoms with Gasteiger partial charge in [-0.25, -0.2) is 0 Å². The molecule has 3 aromatic rings. The first kappa shape index (κ1) is 18.6. The standard InChI is InChI=1S/C21H22N4O2S/c1-23(2)20(26)13-24-12-18(17-7-3-4-8-19(17)24)21(27)15-11-25(28-14-15)16-6-5-9-22-10-16/h3-10,12,15H,11,13-14H2,1-2H3. The minimum Gasteiger partial charge on any atom is -0.347 e. The van der Waals surface area contributed by atoms with Crippen LogP contribution >= 0.6 is 11.9 Å². The van der Waals surface area contributed by atoms with Gasteiger partial charge in [0, 0.05) is 55.3 Å². The summed E-state index contributed by atoms with van der Waals surface area (Å²) < 4.78 is 4.01. The van der Waals surface area contributed by atoms with Crippen LogP contribution in [0.3, 0.4) is 0 Å². The van der Waals surface area contributed by atoms with E-state index >= 15 is 0 Å². The lowest BCUT2D eigenvalue weighted by Crippen LogP contribution is -2.26. The molecular weight excluding hydrogens is 372 g/mol. The Morgan fingerprint density at radius 3 is 2.79 bits per heavy atom. The van der Waals surface area contributed by atoms with Gasteiger partial charge in [0.15, 0.2) is 5.78 Å². The molecule has 0 radical (unpaired) electrons. The van der Waals surface area contributed by atoms with Crippen LogP contribution in [-0.2, 0) is 11.3 Å². The zero-order valence-electron chi connectivity index (χ0n) is 15.9. The van der Waals surface area contributed by atoms with Gasteiger partial charge in [0.05, 0.1) is 17.8 Å². The summed E-state index contributed by atoms with van der Waals surface area (Å²) in [6.07, 6.45) is 5.40. The molecule has 1 aliphatic rings. The third-order valence-electron chi connectivity index (χ3n) is 4.98. The lowest BCUT2D eigenvalue weighted by Gasteiger charge is -2.15. The monoisotopic (exact) mass is 394 g/mol. The van der Waals surface area contributed by atoms with Crippen molar-refractivity contribution in [2.75, 3.05) is 30.7 Å². The van der Waals surface area contributed by atoms with Gasteiger partial charge in [-0.05, 0) is 30.1 Å². The number of nitrogens with zero attached hydrogens (tertiary/aromatic N) is 4. The number of rotatable bonds is 5. The summed E-state index contributed by atoms with van der Waals surface area (Å²) in [6.45, 7) is 0.882. The number of benzene rings is 1. The number of hydrogen-bond donors (Lipinski definition) is 0. The number of ketones is 1. The normalized spacial score (nSPS) is 16.5. The smallest absolute Gasteiger partial charge is 0.241 e. The van der Waals surface area contributed by atoms with Gasteiger partial charge in [-0.2, -0.15) is 0 Å². The summed E-state index contributed by atoms with van der Waals surface area (Å²) in [5.74, 6) is 0.781. The number of fused-ring (bicyclic) bond motifs is 1. The van der Waals surface area contributed by atoms with Crippen LogP contribution in [0.15, 0.2) is 55.0 Å². The fraction of sp³-hybridized carbons (Fsp3) is 0.286. The molecular formula is C21H22N4O2S. The van der Waals surface area contributed by atoms with Crippen molar-refractivity contribution in [2.24, 2.45) is 5.92 Å². The fourth-order valence-corrected chi connectivity index (χ4v) is 4.57. The van der Waals surface area contributed by atoms with E-state index in [2.05, 4.69) is 9.29 Å². The maximum atomic E-state index is 13.3. The number of para-hydroxylation sites is 1. The first-order chi connectivity index (χ1) is 13.5. The molecule has 0 bridgehead atoms. The van der Waals surface area contributed by atoms with Crippen molar-refractivity contribution in [1.82, 2.24) is 14.5 Å². The molecule has 3 heterocycles. The zero-order valence-corrected chi connectivity index (χ0v) is 16.7. The highest BCUT2D eigenvalue weighted by Crippen LogP contribution is 2.34. The van der Waals surface area contributed by atoms with Crippen LogP contribution < -0.4 is 4.31 Å². The molecule has 7 heteroatoms. The highest BCUT2D eigenvalue weighted by atomic mass is 32.2. The van der Waals surface area contributed by atoms with Crippen LogP contribution in [0.2, 0.25) is 0 Å². The third-order valence-corrected chi connectivity index (χ3v) is 6.20. The lowest BCUT2D eigenvalue weighted by molar-refractivity contribution is -0.129. The Morgan fingerprint density at radius 2 is 2.04 bits per heavy atom. The van der Waals surface area contributed by atoms with Crippen molar-refractivity contribution >= 4 is 40.2 Å². The number of carbonyl (C=O) groups is 2. The molecule has 0 spiro atoms. The van der Waals surface area contributed by atoms with Crippen LogP contribution in [-0.4, -0.2) is 52.5 Å². The minimum atomic E-state index is -0.0889. The van der Waals surface area contributed by atoms with Gasteiger partial charge < -0.3 is 13.8 Å². The Hall–Kier alpha value is -2.80. The Morgan fingerprint density at radius 1 is 1.21 bits per heavy atom. The molecule has 1 atom stereocenters. The molecule has 6 nitrogen and oxygen atoms in total. The van der Waals surface area contributed by atoms with E-state index in [-0.39, 0.29) is 24.2 Å². The first-order valence-corrected chi connectivity index (χ1v) is 10.1. The second kappa shape index (κ2) is 7.67. The Labute approximate surface area is 168 Å². The van der Waals surface area contributed by atoms with Gasteiger partial charge >= 0.3 is 0 Å². The molecule has 1 aromatic carbocycles. The predicted octanol–water partition coefficient (Wildman–Crippen LogP) is 3.09. The van der Waals surface area contributed by atoms with Crippen LogP contribution in [0, 0.1) is 5.92 Å². The lowest BCUT2D eigenvalue weighted by atomic mass is 9.98. The molecule has 0 aliphatic carbocycles. The van der Waals surface area contributed by atoms with Crippen molar-refractivity contribution in [1.29, 1.82) is 0 Å². The molecule has 1 amide bonds. The van der Waals surface area contributed by atoms with Gasteiger partial charge in [-0.1, -0.05) is 18.2 Å². The molecule has 0 N–H and O–H groups in total. The molecule has 2 aromatic heterocycles. The maximum absolute atomic E-state index is 13.3. The third kappa shape index (κ3) is 3.49. The van der Waals surface area contributed by atoms with Gasteiger partial charge in [-0.3, -0.25) is 14.6 Å². The van der Waals surface area contributed by atoms with Crippen molar-refractivity contribution in [3.8, 4) is 0 Å². The molecule has 1 unspecified atom stereocenters. The average Bonchev–Trinajstić information content (AvgIpc) is 3.34. The van der Waals surface area contributed by atoms with Crippen LogP contribution in [0.4, 0.5) is 5.69 Å². The number of aromatic nitrogens is 2. The van der Waals surface area contributed by atoms with Gasteiger partial charge in [0.2, 0.25) is 5.91 Å². The Balaban J connectivity index is 1.60. The highest BCUT2D eigenvalue weighted by molar-refractivity contribution is 8.00. The van der Waals surface area contributed by atoms with Crippen molar-refractivity contribution in [3.05, 3.63) is 60.6 Å². The van der Waals surface area contributed by atoms with Gasteiger partial charge in [0.25, 0.3) is 0 Å². The number of Topliss-reactive ketones (excluding diaryl/α,β-unsaturated/α-hetero) is 1. The minimum absolute atomic E-state index is 0.000994. The molecule has 1 aliphatic heterocycles. The number of anilines is 1. The highest BCUT2D eigenvalue weighted by Gasteiger charge is 2.32. The number of pyridine rings is 1. The topological polar surface area (TPSA) is 58.4 Å². The van der Waals surface area contributed by atoms with E-state index in [1.807, 2.05) is 53.4 Å². The first-order valence-electron chi connectivity index (χ1n) is 9.17. The molecule has 1 saturated heterocycles. The summed E-state index contributed by atoms with van der Waals surface area (Å²) in [5.41, 5.74) is 2.62. The summed E-state index contributed by atoms with van der Waals surface area (Å²) in [5, 5.41) is 0.906. The summed E-state index contributed by atoms with van der Waals surface area (Å²) >= 11 is 1.66. The summed E-state index contributed by atoms with van der Waals surface area (Å²) in [6, 6.07) is 11.7. The summed E-state index contributed by atoms with van der Waals surface area (Å²) in [7, 11) is 3.48. The summed E-state index contributed by atoms with van der Waals surface area (Å²) in [4.78, 5) is 31.2. The van der Waals surface area contributed by atoms with E-state index in [0.29, 0.717) is 12.1 Å². The molecule has 28 heavy (non-hydrogen) atoms. The number of hydrogen-bond acceptors (Lipinski definition) is 5.